The first-order valence-corrected chi connectivity index (χ1v) is 7.20. The van der Waals surface area contributed by atoms with Gasteiger partial charge in [0.05, 0.1) is 0 Å². The molecule has 0 unspecified atom stereocenters. The number of aryl methyl sites for hydroxylation is 4. The Morgan fingerprint density at radius 3 is 1.61 bits per heavy atom. The normalized spacial score (nSPS) is 10.1. The summed E-state index contributed by atoms with van der Waals surface area (Å²) < 4.78 is 2.94. The zero-order valence-electron chi connectivity index (χ0n) is 13.0. The van der Waals surface area contributed by atoms with Crippen molar-refractivity contribution in [1.29, 1.82) is 10.5 Å². The van der Waals surface area contributed by atoms with E-state index < -0.39 is 0 Å². The first-order chi connectivity index (χ1) is 11.0. The third kappa shape index (κ3) is 3.22. The third-order valence-electron chi connectivity index (χ3n) is 3.77. The average Bonchev–Trinajstić information content (AvgIpc) is 2.52. The molecule has 0 fully saturated rings. The SMILES string of the molecule is Cc1ccn(CCCn2ccc(C)c(C#N)c2=O)c(=O)c1C#N. The van der Waals surface area contributed by atoms with Gasteiger partial charge in [-0.05, 0) is 43.5 Å². The summed E-state index contributed by atoms with van der Waals surface area (Å²) in [6.07, 6.45) is 3.84. The topological polar surface area (TPSA) is 91.6 Å². The lowest BCUT2D eigenvalue weighted by Crippen LogP contribution is -2.26. The minimum Gasteiger partial charge on any atom is -0.314 e. The lowest BCUT2D eigenvalue weighted by Gasteiger charge is -2.09. The van der Waals surface area contributed by atoms with Crippen LogP contribution in [-0.4, -0.2) is 9.13 Å². The number of pyridine rings is 2. The van der Waals surface area contributed by atoms with Crippen LogP contribution >= 0.6 is 0 Å². The van der Waals surface area contributed by atoms with Crippen molar-refractivity contribution in [1.82, 2.24) is 9.13 Å². The maximum Gasteiger partial charge on any atom is 0.268 e. The molecule has 2 heterocycles. The molecule has 0 spiro atoms. The summed E-state index contributed by atoms with van der Waals surface area (Å²) in [5.74, 6) is 0. The first-order valence-electron chi connectivity index (χ1n) is 7.20. The Morgan fingerprint density at radius 2 is 1.26 bits per heavy atom. The molecule has 0 amide bonds. The number of nitriles is 2. The molecule has 0 radical (unpaired) electrons. The van der Waals surface area contributed by atoms with Crippen LogP contribution in [0.5, 0.6) is 0 Å². The molecule has 2 aromatic heterocycles. The fourth-order valence-corrected chi connectivity index (χ4v) is 2.37. The summed E-state index contributed by atoms with van der Waals surface area (Å²) in [5, 5.41) is 18.0. The van der Waals surface area contributed by atoms with Gasteiger partial charge in [0, 0.05) is 25.5 Å². The van der Waals surface area contributed by atoms with Gasteiger partial charge in [0.2, 0.25) is 0 Å². The van der Waals surface area contributed by atoms with Gasteiger partial charge < -0.3 is 9.13 Å². The van der Waals surface area contributed by atoms with Crippen molar-refractivity contribution in [2.24, 2.45) is 0 Å². The molecule has 6 heteroatoms. The van der Waals surface area contributed by atoms with Crippen LogP contribution in [-0.2, 0) is 13.1 Å². The molecule has 116 valence electrons. The van der Waals surface area contributed by atoms with Crippen molar-refractivity contribution < 1.29 is 0 Å². The van der Waals surface area contributed by atoms with E-state index in [4.69, 9.17) is 10.5 Å². The Morgan fingerprint density at radius 1 is 0.870 bits per heavy atom. The lowest BCUT2D eigenvalue weighted by atomic mass is 10.1. The van der Waals surface area contributed by atoms with Gasteiger partial charge in [0.25, 0.3) is 11.1 Å². The molecule has 23 heavy (non-hydrogen) atoms. The maximum absolute atomic E-state index is 12.1. The van der Waals surface area contributed by atoms with Crippen LogP contribution in [0, 0.1) is 36.5 Å². The monoisotopic (exact) mass is 308 g/mol. The maximum atomic E-state index is 12.1. The van der Waals surface area contributed by atoms with Crippen LogP contribution in [0.15, 0.2) is 34.1 Å². The molecule has 0 atom stereocenters. The summed E-state index contributed by atoms with van der Waals surface area (Å²) in [6.45, 7) is 4.24. The minimum absolute atomic E-state index is 0.145. The van der Waals surface area contributed by atoms with Gasteiger partial charge >= 0.3 is 0 Å². The molecule has 2 rings (SSSR count). The average molecular weight is 308 g/mol. The Balaban J connectivity index is 2.17. The van der Waals surface area contributed by atoms with Gasteiger partial charge in [0.1, 0.15) is 23.3 Å². The summed E-state index contributed by atoms with van der Waals surface area (Å²) in [6, 6.07) is 7.29. The Labute approximate surface area is 133 Å². The third-order valence-corrected chi connectivity index (χ3v) is 3.77. The summed E-state index contributed by atoms with van der Waals surface area (Å²) in [4.78, 5) is 24.2. The minimum atomic E-state index is -0.318. The molecule has 0 aliphatic rings. The highest BCUT2D eigenvalue weighted by Crippen LogP contribution is 2.03. The molecule has 0 aliphatic carbocycles. The molecule has 0 saturated carbocycles. The largest absolute Gasteiger partial charge is 0.314 e. The van der Waals surface area contributed by atoms with Crippen molar-refractivity contribution in [2.75, 3.05) is 0 Å². The van der Waals surface area contributed by atoms with Crippen molar-refractivity contribution in [3.05, 3.63) is 67.5 Å². The number of rotatable bonds is 4. The Kier molecular flexibility index (Phi) is 4.78. The van der Waals surface area contributed by atoms with E-state index in [9.17, 15) is 9.59 Å². The van der Waals surface area contributed by atoms with Gasteiger partial charge in [0.15, 0.2) is 0 Å². The Bertz CT molecular complexity index is 862. The van der Waals surface area contributed by atoms with E-state index in [2.05, 4.69) is 0 Å². The van der Waals surface area contributed by atoms with Gasteiger partial charge in [-0.25, -0.2) is 0 Å². The number of hydrogen-bond acceptors (Lipinski definition) is 4. The number of nitrogens with zero attached hydrogens (tertiary/aromatic N) is 4. The van der Waals surface area contributed by atoms with Crippen molar-refractivity contribution in [3.8, 4) is 12.1 Å². The molecule has 0 aliphatic heterocycles. The fraction of sp³-hybridized carbons (Fsp3) is 0.294. The number of aromatic nitrogens is 2. The second-order valence-electron chi connectivity index (χ2n) is 5.32. The molecule has 0 N–H and O–H groups in total. The Hall–Kier alpha value is -3.12. The van der Waals surface area contributed by atoms with Gasteiger partial charge in [-0.1, -0.05) is 0 Å². The highest BCUT2D eigenvalue weighted by Gasteiger charge is 2.08. The van der Waals surface area contributed by atoms with E-state index in [1.54, 1.807) is 38.4 Å². The highest BCUT2D eigenvalue weighted by atomic mass is 16.1. The second kappa shape index (κ2) is 6.76. The molecular formula is C17H16N4O2. The van der Waals surface area contributed by atoms with Crippen molar-refractivity contribution >= 4 is 0 Å². The molecule has 0 aromatic carbocycles. The van der Waals surface area contributed by atoms with E-state index in [1.165, 1.54) is 9.13 Å². The predicted octanol–water partition coefficient (Wildman–Crippen LogP) is 1.46. The van der Waals surface area contributed by atoms with E-state index >= 15 is 0 Å². The molecule has 0 saturated heterocycles. The number of hydrogen-bond donors (Lipinski definition) is 0. The van der Waals surface area contributed by atoms with Crippen LogP contribution < -0.4 is 11.1 Å². The van der Waals surface area contributed by atoms with Gasteiger partial charge in [-0.3, -0.25) is 9.59 Å². The smallest absolute Gasteiger partial charge is 0.268 e. The van der Waals surface area contributed by atoms with Crippen LogP contribution in [0.2, 0.25) is 0 Å². The lowest BCUT2D eigenvalue weighted by molar-refractivity contribution is 0.541. The molecule has 2 aromatic rings. The van der Waals surface area contributed by atoms with Crippen molar-refractivity contribution in [3.63, 3.8) is 0 Å². The first kappa shape index (κ1) is 16.3. The van der Waals surface area contributed by atoms with Gasteiger partial charge in [-0.15, -0.1) is 0 Å². The fourth-order valence-electron chi connectivity index (χ4n) is 2.37. The molecule has 0 bridgehead atoms. The van der Waals surface area contributed by atoms with Crippen molar-refractivity contribution in [2.45, 2.75) is 33.4 Å². The van der Waals surface area contributed by atoms with Gasteiger partial charge in [-0.2, -0.15) is 10.5 Å². The molecule has 6 nitrogen and oxygen atoms in total. The predicted molar refractivity (Wildman–Crippen MR) is 84.9 cm³/mol. The van der Waals surface area contributed by atoms with Crippen LogP contribution in [0.25, 0.3) is 0 Å². The molecular weight excluding hydrogens is 292 g/mol. The summed E-state index contributed by atoms with van der Waals surface area (Å²) >= 11 is 0. The zero-order valence-corrected chi connectivity index (χ0v) is 13.0. The summed E-state index contributed by atoms with van der Waals surface area (Å²) in [5.41, 5.74) is 0.964. The quantitative estimate of drug-likeness (QED) is 0.855. The second-order valence-corrected chi connectivity index (χ2v) is 5.32. The summed E-state index contributed by atoms with van der Waals surface area (Å²) in [7, 11) is 0. The standard InChI is InChI=1S/C17H16N4O2/c1-12-4-8-20(16(22)14(12)10-18)6-3-7-21-9-5-13(2)15(11-19)17(21)23/h4-5,8-9H,3,6-7H2,1-2H3. The highest BCUT2D eigenvalue weighted by molar-refractivity contribution is 5.34. The van der Waals surface area contributed by atoms with E-state index in [-0.39, 0.29) is 22.2 Å². The van der Waals surface area contributed by atoms with Crippen LogP contribution in [0.1, 0.15) is 28.7 Å². The van der Waals surface area contributed by atoms with Crippen LogP contribution in [0.3, 0.4) is 0 Å². The van der Waals surface area contributed by atoms with E-state index in [1.807, 2.05) is 12.1 Å². The van der Waals surface area contributed by atoms with E-state index in [0.29, 0.717) is 30.6 Å². The van der Waals surface area contributed by atoms with E-state index in [0.717, 1.165) is 0 Å². The zero-order chi connectivity index (χ0) is 17.0. The van der Waals surface area contributed by atoms with Crippen LogP contribution in [0.4, 0.5) is 0 Å².